The summed E-state index contributed by atoms with van der Waals surface area (Å²) >= 11 is 0. The fraction of sp³-hybridized carbons (Fsp3) is 0.348. The van der Waals surface area contributed by atoms with Gasteiger partial charge in [-0.1, -0.05) is 70.8 Å². The van der Waals surface area contributed by atoms with Crippen LogP contribution in [0.4, 0.5) is 19.2 Å². The van der Waals surface area contributed by atoms with Crippen LogP contribution < -0.4 is 40.2 Å². The van der Waals surface area contributed by atoms with Crippen LogP contribution in [0.15, 0.2) is 97.1 Å². The van der Waals surface area contributed by atoms with Crippen molar-refractivity contribution >= 4 is 36.3 Å². The van der Waals surface area contributed by atoms with Gasteiger partial charge in [0.15, 0.2) is 0 Å². The molecule has 0 radical (unpaired) electrons. The molecule has 0 heterocycles. The van der Waals surface area contributed by atoms with Crippen LogP contribution in [0.25, 0.3) is 0 Å². The van der Waals surface area contributed by atoms with Crippen molar-refractivity contribution in [3.63, 3.8) is 0 Å². The number of carbonyl (C=O) groups excluding carboxylic acids is 6. The minimum atomic E-state index is -1.14. The Morgan fingerprint density at radius 3 is 0.968 bits per heavy atom. The monoisotopic (exact) mass is 854 g/mol. The van der Waals surface area contributed by atoms with Gasteiger partial charge >= 0.3 is 36.3 Å². The molecule has 0 fully saturated rings. The molecule has 0 aliphatic rings. The van der Waals surface area contributed by atoms with Gasteiger partial charge in [-0.05, 0) is 115 Å². The molecule has 16 heteroatoms. The zero-order chi connectivity index (χ0) is 44.7. The highest BCUT2D eigenvalue weighted by Gasteiger charge is 2.26. The van der Waals surface area contributed by atoms with E-state index in [0.717, 1.165) is 22.3 Å². The molecule has 0 bridgehead atoms. The van der Waals surface area contributed by atoms with Crippen LogP contribution in [-0.2, 0) is 19.1 Å². The van der Waals surface area contributed by atoms with Crippen molar-refractivity contribution in [3.05, 3.63) is 119 Å². The highest BCUT2D eigenvalue weighted by molar-refractivity contribution is 5.83. The summed E-state index contributed by atoms with van der Waals surface area (Å²) < 4.78 is 32.0. The van der Waals surface area contributed by atoms with Crippen molar-refractivity contribution in [1.29, 1.82) is 0 Å². The van der Waals surface area contributed by atoms with Crippen LogP contribution in [0.2, 0.25) is 0 Å². The Hall–Kier alpha value is -7.10. The van der Waals surface area contributed by atoms with Gasteiger partial charge in [-0.15, -0.1) is 0 Å². The van der Waals surface area contributed by atoms with Crippen LogP contribution in [0.3, 0.4) is 0 Å². The standard InChI is InChI=1S/C46H54N4O12/c1-31-11-19-35(20-12-31)59-43(53)47-27-7-5-9-39(49-45(55)61-37-23-15-33(3)16-24-37)41(51)57-29-30-58-42(52)40(50-46(56)62-38-25-17-34(4)18-26-38)10-6-8-28-48-44(54)60-36-21-13-32(2)14-22-36/h11-26,39-40H,5-10,27-30H2,1-4H3,(H,47,53)(H,48,54)(H,49,55)(H,50,56). The molecule has 62 heavy (non-hydrogen) atoms. The fourth-order valence-electron chi connectivity index (χ4n) is 5.58. The van der Waals surface area contributed by atoms with Crippen molar-refractivity contribution < 1.29 is 57.2 Å². The minimum Gasteiger partial charge on any atom is -0.461 e. The lowest BCUT2D eigenvalue weighted by molar-refractivity contribution is -0.154. The van der Waals surface area contributed by atoms with E-state index in [0.29, 0.717) is 37.2 Å². The Morgan fingerprint density at radius 2 is 0.677 bits per heavy atom. The molecule has 2 unspecified atom stereocenters. The largest absolute Gasteiger partial charge is 0.461 e. The predicted octanol–water partition coefficient (Wildman–Crippen LogP) is 7.54. The molecule has 16 nitrogen and oxygen atoms in total. The summed E-state index contributed by atoms with van der Waals surface area (Å²) in [6.45, 7) is 7.35. The molecule has 4 rings (SSSR count). The second-order valence-corrected chi connectivity index (χ2v) is 14.4. The summed E-state index contributed by atoms with van der Waals surface area (Å²) in [5.74, 6) is -0.282. The first-order chi connectivity index (χ1) is 29.8. The number of unbranched alkanes of at least 4 members (excludes halogenated alkanes) is 2. The summed E-state index contributed by atoms with van der Waals surface area (Å²) in [6, 6.07) is 25.3. The number of ether oxygens (including phenoxy) is 6. The molecule has 0 aromatic heterocycles. The van der Waals surface area contributed by atoms with Crippen molar-refractivity contribution in [2.24, 2.45) is 0 Å². The van der Waals surface area contributed by atoms with Crippen molar-refractivity contribution in [1.82, 2.24) is 21.3 Å². The van der Waals surface area contributed by atoms with Crippen molar-refractivity contribution in [2.45, 2.75) is 78.3 Å². The molecule has 0 saturated heterocycles. The predicted molar refractivity (Wildman–Crippen MR) is 228 cm³/mol. The number of hydrogen-bond donors (Lipinski definition) is 4. The first-order valence-corrected chi connectivity index (χ1v) is 20.3. The number of benzene rings is 4. The minimum absolute atomic E-state index is 0.129. The van der Waals surface area contributed by atoms with Crippen LogP contribution in [-0.4, -0.2) is 74.7 Å². The number of amides is 4. The lowest BCUT2D eigenvalue weighted by Gasteiger charge is -2.19. The molecular weight excluding hydrogens is 801 g/mol. The Bertz CT molecular complexity index is 1910. The summed E-state index contributed by atoms with van der Waals surface area (Å²) in [6.07, 6.45) is -1.12. The van der Waals surface area contributed by atoms with Crippen molar-refractivity contribution in [3.8, 4) is 23.0 Å². The molecule has 0 aliphatic heterocycles. The average molecular weight is 855 g/mol. The third kappa shape index (κ3) is 18.4. The molecule has 4 N–H and O–H groups in total. The Morgan fingerprint density at radius 1 is 0.403 bits per heavy atom. The Labute approximate surface area is 360 Å². The quantitative estimate of drug-likeness (QED) is 0.0474. The molecular formula is C46H54N4O12. The molecule has 4 aromatic rings. The Balaban J connectivity index is 1.26. The van der Waals surface area contributed by atoms with E-state index in [-0.39, 0.29) is 50.6 Å². The van der Waals surface area contributed by atoms with E-state index in [1.165, 1.54) is 0 Å². The Kier molecular flexibility index (Phi) is 19.6. The zero-order valence-corrected chi connectivity index (χ0v) is 35.4. The first-order valence-electron chi connectivity index (χ1n) is 20.3. The number of carbonyl (C=O) groups is 6. The second kappa shape index (κ2) is 25.5. The zero-order valence-electron chi connectivity index (χ0n) is 35.4. The smallest absolute Gasteiger partial charge is 0.413 e. The second-order valence-electron chi connectivity index (χ2n) is 14.4. The highest BCUT2D eigenvalue weighted by atomic mass is 16.6. The maximum Gasteiger partial charge on any atom is 0.413 e. The van der Waals surface area contributed by atoms with Gasteiger partial charge < -0.3 is 49.7 Å². The van der Waals surface area contributed by atoms with Gasteiger partial charge in [0.1, 0.15) is 48.3 Å². The van der Waals surface area contributed by atoms with E-state index >= 15 is 0 Å². The van der Waals surface area contributed by atoms with Gasteiger partial charge in [-0.25, -0.2) is 28.8 Å². The maximum atomic E-state index is 13.2. The fourth-order valence-corrected chi connectivity index (χ4v) is 5.58. The maximum absolute atomic E-state index is 13.2. The van der Waals surface area contributed by atoms with Crippen LogP contribution in [0.5, 0.6) is 23.0 Å². The molecule has 330 valence electrons. The van der Waals surface area contributed by atoms with Crippen LogP contribution in [0, 0.1) is 27.7 Å². The number of rotatable bonds is 21. The van der Waals surface area contributed by atoms with Gasteiger partial charge in [0.2, 0.25) is 0 Å². The van der Waals surface area contributed by atoms with Gasteiger partial charge in [0.05, 0.1) is 0 Å². The number of esters is 2. The third-order valence-electron chi connectivity index (χ3n) is 9.03. The van der Waals surface area contributed by atoms with Gasteiger partial charge in [-0.3, -0.25) is 0 Å². The molecule has 0 saturated carbocycles. The van der Waals surface area contributed by atoms with Crippen molar-refractivity contribution in [2.75, 3.05) is 26.3 Å². The third-order valence-corrected chi connectivity index (χ3v) is 9.03. The van der Waals surface area contributed by atoms with Gasteiger partial charge in [-0.2, -0.15) is 0 Å². The van der Waals surface area contributed by atoms with Gasteiger partial charge in [0.25, 0.3) is 0 Å². The van der Waals surface area contributed by atoms with Gasteiger partial charge in [0, 0.05) is 13.1 Å². The summed E-state index contributed by atoms with van der Waals surface area (Å²) in [5.41, 5.74) is 3.98. The highest BCUT2D eigenvalue weighted by Crippen LogP contribution is 2.16. The van der Waals surface area contributed by atoms with E-state index in [1.54, 1.807) is 72.8 Å². The van der Waals surface area contributed by atoms with E-state index in [9.17, 15) is 28.8 Å². The lowest BCUT2D eigenvalue weighted by Crippen LogP contribution is -2.44. The number of nitrogens with one attached hydrogen (secondary N) is 4. The first kappa shape index (κ1) is 47.6. The van der Waals surface area contributed by atoms with E-state index in [4.69, 9.17) is 28.4 Å². The normalized spacial score (nSPS) is 11.5. The molecule has 0 spiro atoms. The molecule has 4 amide bonds. The van der Waals surface area contributed by atoms with E-state index in [2.05, 4.69) is 21.3 Å². The molecule has 0 aliphatic carbocycles. The number of aryl methyl sites for hydroxylation is 4. The van der Waals surface area contributed by atoms with E-state index < -0.39 is 48.4 Å². The molecule has 2 atom stereocenters. The summed E-state index contributed by atoms with van der Waals surface area (Å²) in [7, 11) is 0. The van der Waals surface area contributed by atoms with Crippen LogP contribution in [0.1, 0.15) is 60.8 Å². The van der Waals surface area contributed by atoms with Crippen LogP contribution >= 0.6 is 0 Å². The topological polar surface area (TPSA) is 206 Å². The van der Waals surface area contributed by atoms with E-state index in [1.807, 2.05) is 52.0 Å². The molecule has 4 aromatic carbocycles. The SMILES string of the molecule is Cc1ccc(OC(=O)NCCCCC(NC(=O)Oc2ccc(C)cc2)C(=O)OCCOC(=O)C(CCCCNC(=O)Oc2ccc(C)cc2)NC(=O)Oc2ccc(C)cc2)cc1. The summed E-state index contributed by atoms with van der Waals surface area (Å²) in [4.78, 5) is 76.5. The summed E-state index contributed by atoms with van der Waals surface area (Å²) in [5, 5.41) is 10.4. The number of hydrogen-bond acceptors (Lipinski definition) is 12. The lowest BCUT2D eigenvalue weighted by atomic mass is 10.1. The average Bonchev–Trinajstić information content (AvgIpc) is 3.24.